The topological polar surface area (TPSA) is 58.6 Å². The zero-order chi connectivity index (χ0) is 15.9. The molecule has 1 aliphatic rings. The summed E-state index contributed by atoms with van der Waals surface area (Å²) < 4.78 is 5.38. The lowest BCUT2D eigenvalue weighted by Crippen LogP contribution is -2.24. The lowest BCUT2D eigenvalue weighted by Gasteiger charge is -2.19. The van der Waals surface area contributed by atoms with Gasteiger partial charge >= 0.3 is 0 Å². The highest BCUT2D eigenvalue weighted by molar-refractivity contribution is 5.97. The molecule has 1 N–H and O–H groups in total. The molecule has 1 heterocycles. The third-order valence-corrected chi connectivity index (χ3v) is 3.84. The van der Waals surface area contributed by atoms with Crippen molar-refractivity contribution in [1.82, 2.24) is 0 Å². The summed E-state index contributed by atoms with van der Waals surface area (Å²) in [7, 11) is 1.58. The van der Waals surface area contributed by atoms with Gasteiger partial charge in [-0.3, -0.25) is 9.59 Å². The molecule has 5 nitrogen and oxygen atoms in total. The van der Waals surface area contributed by atoms with E-state index in [1.165, 1.54) is 0 Å². The molecule has 0 bridgehead atoms. The number of hydrogen-bond acceptors (Lipinski definition) is 3. The molecule has 1 aromatic rings. The van der Waals surface area contributed by atoms with Crippen molar-refractivity contribution in [3.8, 4) is 5.75 Å². The highest BCUT2D eigenvalue weighted by Gasteiger charge is 2.24. The normalized spacial score (nSPS) is 14.3. The number of carbonyl (C=O) groups is 2. The monoisotopic (exact) mass is 304 g/mol. The largest absolute Gasteiger partial charge is 0.494 e. The highest BCUT2D eigenvalue weighted by atomic mass is 16.5. The number of carbonyl (C=O) groups excluding carboxylic acids is 2. The van der Waals surface area contributed by atoms with E-state index < -0.39 is 0 Å². The Hall–Kier alpha value is -2.04. The van der Waals surface area contributed by atoms with Gasteiger partial charge in [0.05, 0.1) is 12.8 Å². The van der Waals surface area contributed by atoms with E-state index in [0.717, 1.165) is 37.9 Å². The molecule has 0 aromatic heterocycles. The molecule has 0 unspecified atom stereocenters. The number of methoxy groups -OCH3 is 1. The Morgan fingerprint density at radius 2 is 2.18 bits per heavy atom. The Morgan fingerprint density at radius 1 is 1.36 bits per heavy atom. The maximum atomic E-state index is 11.9. The van der Waals surface area contributed by atoms with Crippen LogP contribution in [0.5, 0.6) is 5.75 Å². The number of nitrogens with one attached hydrogen (secondary N) is 1. The van der Waals surface area contributed by atoms with Gasteiger partial charge in [0.1, 0.15) is 5.75 Å². The van der Waals surface area contributed by atoms with Crippen molar-refractivity contribution >= 4 is 23.2 Å². The Bertz CT molecular complexity index is 543. The molecule has 0 spiro atoms. The lowest BCUT2D eigenvalue weighted by atomic mass is 10.2. The van der Waals surface area contributed by atoms with E-state index in [9.17, 15) is 9.59 Å². The number of nitrogens with zero attached hydrogens (tertiary/aromatic N) is 1. The van der Waals surface area contributed by atoms with Crippen molar-refractivity contribution < 1.29 is 14.3 Å². The average molecular weight is 304 g/mol. The molecule has 0 saturated carbocycles. The van der Waals surface area contributed by atoms with E-state index in [0.29, 0.717) is 24.3 Å². The van der Waals surface area contributed by atoms with Gasteiger partial charge in [0.15, 0.2) is 0 Å². The van der Waals surface area contributed by atoms with Crippen LogP contribution in [-0.4, -0.2) is 25.5 Å². The van der Waals surface area contributed by atoms with Gasteiger partial charge in [-0.05, 0) is 25.0 Å². The van der Waals surface area contributed by atoms with Gasteiger partial charge in [-0.2, -0.15) is 0 Å². The molecule has 0 atom stereocenters. The molecular weight excluding hydrogens is 280 g/mol. The SMILES string of the molecule is CCCCCC(=O)Nc1ccc(N2CCCC2=O)c(OC)c1. The zero-order valence-electron chi connectivity index (χ0n) is 13.4. The number of rotatable bonds is 7. The van der Waals surface area contributed by atoms with Gasteiger partial charge in [0.25, 0.3) is 0 Å². The number of anilines is 2. The fourth-order valence-corrected chi connectivity index (χ4v) is 2.64. The maximum absolute atomic E-state index is 11.9. The van der Waals surface area contributed by atoms with Crippen LogP contribution >= 0.6 is 0 Å². The number of amides is 2. The first-order valence-electron chi connectivity index (χ1n) is 7.94. The van der Waals surface area contributed by atoms with Crippen LogP contribution in [0.1, 0.15) is 45.4 Å². The third-order valence-electron chi connectivity index (χ3n) is 3.84. The predicted octanol–water partition coefficient (Wildman–Crippen LogP) is 3.34. The minimum atomic E-state index is 0.0144. The predicted molar refractivity (Wildman–Crippen MR) is 87.4 cm³/mol. The van der Waals surface area contributed by atoms with Crippen LogP contribution in [0, 0.1) is 0 Å². The second-order valence-corrected chi connectivity index (χ2v) is 5.54. The van der Waals surface area contributed by atoms with Crippen molar-refractivity contribution in [2.75, 3.05) is 23.9 Å². The fourth-order valence-electron chi connectivity index (χ4n) is 2.64. The first kappa shape index (κ1) is 16.3. The maximum Gasteiger partial charge on any atom is 0.227 e. The molecule has 0 aliphatic carbocycles. The number of benzene rings is 1. The molecular formula is C17H24N2O3. The Kier molecular flexibility index (Phi) is 5.81. The summed E-state index contributed by atoms with van der Waals surface area (Å²) in [5.41, 5.74) is 1.47. The molecule has 1 aliphatic heterocycles. The van der Waals surface area contributed by atoms with Gasteiger partial charge < -0.3 is 15.0 Å². The first-order valence-corrected chi connectivity index (χ1v) is 7.94. The van der Waals surface area contributed by atoms with Gasteiger partial charge in [-0.25, -0.2) is 0 Å². The summed E-state index contributed by atoms with van der Waals surface area (Å²) >= 11 is 0. The van der Waals surface area contributed by atoms with Crippen LogP contribution in [-0.2, 0) is 9.59 Å². The van der Waals surface area contributed by atoms with Gasteiger partial charge in [-0.15, -0.1) is 0 Å². The third kappa shape index (κ3) is 4.00. The molecule has 2 amide bonds. The highest BCUT2D eigenvalue weighted by Crippen LogP contribution is 2.33. The fraction of sp³-hybridized carbons (Fsp3) is 0.529. The standard InChI is InChI=1S/C17H24N2O3/c1-3-4-5-7-16(20)18-13-9-10-14(15(12-13)22-2)19-11-6-8-17(19)21/h9-10,12H,3-8,11H2,1-2H3,(H,18,20). The minimum Gasteiger partial charge on any atom is -0.494 e. The summed E-state index contributed by atoms with van der Waals surface area (Å²) in [4.78, 5) is 25.5. The van der Waals surface area contributed by atoms with E-state index in [4.69, 9.17) is 4.74 Å². The first-order chi connectivity index (χ1) is 10.7. The van der Waals surface area contributed by atoms with Crippen molar-refractivity contribution in [2.24, 2.45) is 0 Å². The van der Waals surface area contributed by atoms with Crippen LogP contribution in [0.4, 0.5) is 11.4 Å². The molecule has 1 aromatic carbocycles. The zero-order valence-corrected chi connectivity index (χ0v) is 13.4. The average Bonchev–Trinajstić information content (AvgIpc) is 2.93. The molecule has 1 saturated heterocycles. The molecule has 5 heteroatoms. The van der Waals surface area contributed by atoms with Crippen LogP contribution in [0.3, 0.4) is 0 Å². The summed E-state index contributed by atoms with van der Waals surface area (Å²) in [5.74, 6) is 0.747. The Balaban J connectivity index is 2.05. The quantitative estimate of drug-likeness (QED) is 0.786. The van der Waals surface area contributed by atoms with Gasteiger partial charge in [-0.1, -0.05) is 19.8 Å². The van der Waals surface area contributed by atoms with Crippen molar-refractivity contribution in [1.29, 1.82) is 0 Å². The van der Waals surface area contributed by atoms with E-state index in [1.807, 2.05) is 12.1 Å². The molecule has 22 heavy (non-hydrogen) atoms. The molecule has 120 valence electrons. The summed E-state index contributed by atoms with van der Waals surface area (Å²) in [6.07, 6.45) is 5.05. The van der Waals surface area contributed by atoms with Crippen LogP contribution in [0.25, 0.3) is 0 Å². The van der Waals surface area contributed by atoms with Crippen LogP contribution < -0.4 is 15.0 Å². The van der Waals surface area contributed by atoms with Gasteiger partial charge in [0.2, 0.25) is 11.8 Å². The summed E-state index contributed by atoms with van der Waals surface area (Å²) in [6, 6.07) is 5.43. The van der Waals surface area contributed by atoms with Crippen molar-refractivity contribution in [2.45, 2.75) is 45.4 Å². The van der Waals surface area contributed by atoms with Crippen molar-refractivity contribution in [3.63, 3.8) is 0 Å². The van der Waals surface area contributed by atoms with E-state index in [2.05, 4.69) is 12.2 Å². The number of hydrogen-bond donors (Lipinski definition) is 1. The molecule has 1 fully saturated rings. The Labute approximate surface area is 131 Å². The van der Waals surface area contributed by atoms with Gasteiger partial charge in [0, 0.05) is 31.1 Å². The molecule has 2 rings (SSSR count). The van der Waals surface area contributed by atoms with Crippen molar-refractivity contribution in [3.05, 3.63) is 18.2 Å². The van der Waals surface area contributed by atoms with E-state index in [-0.39, 0.29) is 11.8 Å². The van der Waals surface area contributed by atoms with Crippen LogP contribution in [0.15, 0.2) is 18.2 Å². The number of ether oxygens (including phenoxy) is 1. The van der Waals surface area contributed by atoms with E-state index in [1.54, 1.807) is 18.1 Å². The second kappa shape index (κ2) is 7.82. The summed E-state index contributed by atoms with van der Waals surface area (Å²) in [6.45, 7) is 2.83. The number of unbranched alkanes of at least 4 members (excludes halogenated alkanes) is 2. The van der Waals surface area contributed by atoms with E-state index >= 15 is 0 Å². The second-order valence-electron chi connectivity index (χ2n) is 5.54. The summed E-state index contributed by atoms with van der Waals surface area (Å²) in [5, 5.41) is 2.88. The smallest absolute Gasteiger partial charge is 0.227 e. The Morgan fingerprint density at radius 3 is 2.82 bits per heavy atom. The lowest BCUT2D eigenvalue weighted by molar-refractivity contribution is -0.117. The minimum absolute atomic E-state index is 0.0144. The molecule has 0 radical (unpaired) electrons. The van der Waals surface area contributed by atoms with Crippen LogP contribution in [0.2, 0.25) is 0 Å².